The Balaban J connectivity index is 2.04. The Morgan fingerprint density at radius 3 is 2.42 bits per heavy atom. The van der Waals surface area contributed by atoms with E-state index < -0.39 is 11.7 Å². The number of alkyl carbamates (subject to hydrolysis) is 1. The van der Waals surface area contributed by atoms with E-state index in [1.54, 1.807) is 0 Å². The molecular weight excluding hydrogens is 246 g/mol. The highest BCUT2D eigenvalue weighted by Gasteiger charge is 2.21. The molecule has 1 fully saturated rings. The lowest BCUT2D eigenvalue weighted by atomic mass is 9.88. The van der Waals surface area contributed by atoms with E-state index in [0.717, 1.165) is 25.7 Å². The standard InChI is InChI=1S/C14H27NO4/c1-14(2,3)19-13(17)15-8-9-18-12-6-4-11(10-16)5-7-12/h11-12,16H,4-10H2,1-3H3,(H,15,17)/t11-,12-. The van der Waals surface area contributed by atoms with Gasteiger partial charge in [-0.25, -0.2) is 4.79 Å². The number of amides is 1. The van der Waals surface area contributed by atoms with Gasteiger partial charge in [0.25, 0.3) is 0 Å². The zero-order valence-electron chi connectivity index (χ0n) is 12.3. The molecule has 2 N–H and O–H groups in total. The van der Waals surface area contributed by atoms with E-state index >= 15 is 0 Å². The molecule has 0 aromatic carbocycles. The van der Waals surface area contributed by atoms with Gasteiger partial charge in [0, 0.05) is 13.2 Å². The maximum Gasteiger partial charge on any atom is 0.407 e. The van der Waals surface area contributed by atoms with Gasteiger partial charge in [-0.2, -0.15) is 0 Å². The molecule has 5 heteroatoms. The Bertz CT molecular complexity index is 267. The monoisotopic (exact) mass is 273 g/mol. The molecule has 0 unspecified atom stereocenters. The van der Waals surface area contributed by atoms with Crippen LogP contribution in [-0.2, 0) is 9.47 Å². The molecule has 112 valence electrons. The summed E-state index contributed by atoms with van der Waals surface area (Å²) in [5.41, 5.74) is -0.465. The van der Waals surface area contributed by atoms with Gasteiger partial charge in [0.1, 0.15) is 5.60 Å². The van der Waals surface area contributed by atoms with Crippen molar-refractivity contribution < 1.29 is 19.4 Å². The first-order chi connectivity index (χ1) is 8.90. The molecule has 5 nitrogen and oxygen atoms in total. The van der Waals surface area contributed by atoms with Crippen LogP contribution in [0.5, 0.6) is 0 Å². The number of ether oxygens (including phenoxy) is 2. The molecule has 0 aromatic heterocycles. The molecule has 1 saturated carbocycles. The number of carbonyl (C=O) groups excluding carboxylic acids is 1. The molecular formula is C14H27NO4. The number of nitrogens with one attached hydrogen (secondary N) is 1. The van der Waals surface area contributed by atoms with Crippen LogP contribution in [0.3, 0.4) is 0 Å². The summed E-state index contributed by atoms with van der Waals surface area (Å²) in [5, 5.41) is 11.7. The van der Waals surface area contributed by atoms with Crippen molar-refractivity contribution in [1.29, 1.82) is 0 Å². The quantitative estimate of drug-likeness (QED) is 0.753. The van der Waals surface area contributed by atoms with Crippen LogP contribution in [0.2, 0.25) is 0 Å². The van der Waals surface area contributed by atoms with Gasteiger partial charge in [0.2, 0.25) is 0 Å². The van der Waals surface area contributed by atoms with Crippen molar-refractivity contribution >= 4 is 6.09 Å². The van der Waals surface area contributed by atoms with Crippen molar-refractivity contribution in [3.05, 3.63) is 0 Å². The highest BCUT2D eigenvalue weighted by Crippen LogP contribution is 2.25. The summed E-state index contributed by atoms with van der Waals surface area (Å²) in [5.74, 6) is 0.444. The lowest BCUT2D eigenvalue weighted by molar-refractivity contribution is 0.0101. The van der Waals surface area contributed by atoms with E-state index in [-0.39, 0.29) is 12.7 Å². The van der Waals surface area contributed by atoms with Crippen molar-refractivity contribution in [2.75, 3.05) is 19.8 Å². The summed E-state index contributed by atoms with van der Waals surface area (Å²) < 4.78 is 10.8. The average Bonchev–Trinajstić information content (AvgIpc) is 2.33. The Labute approximate surface area is 115 Å². The maximum absolute atomic E-state index is 11.4. The molecule has 0 spiro atoms. The lowest BCUT2D eigenvalue weighted by Gasteiger charge is -2.27. The van der Waals surface area contributed by atoms with Crippen LogP contribution in [-0.4, -0.2) is 42.7 Å². The van der Waals surface area contributed by atoms with Crippen molar-refractivity contribution in [2.24, 2.45) is 5.92 Å². The van der Waals surface area contributed by atoms with Gasteiger partial charge in [-0.1, -0.05) is 0 Å². The summed E-state index contributed by atoms with van der Waals surface area (Å²) in [4.78, 5) is 11.4. The van der Waals surface area contributed by atoms with Gasteiger partial charge in [-0.3, -0.25) is 0 Å². The highest BCUT2D eigenvalue weighted by molar-refractivity contribution is 5.67. The summed E-state index contributed by atoms with van der Waals surface area (Å²) >= 11 is 0. The Kier molecular flexibility index (Phi) is 6.58. The Hall–Kier alpha value is -0.810. The number of hydrogen-bond donors (Lipinski definition) is 2. The van der Waals surface area contributed by atoms with Crippen molar-refractivity contribution in [3.8, 4) is 0 Å². The van der Waals surface area contributed by atoms with E-state index in [9.17, 15) is 4.79 Å². The average molecular weight is 273 g/mol. The van der Waals surface area contributed by atoms with Gasteiger partial charge >= 0.3 is 6.09 Å². The Morgan fingerprint density at radius 2 is 1.89 bits per heavy atom. The molecule has 1 aliphatic carbocycles. The lowest BCUT2D eigenvalue weighted by Crippen LogP contribution is -2.35. The SMILES string of the molecule is CC(C)(C)OC(=O)NCCO[C@H]1CC[C@H](CO)CC1. The number of aliphatic hydroxyl groups excluding tert-OH is 1. The molecule has 0 heterocycles. The second-order valence-corrected chi connectivity index (χ2v) is 6.12. The predicted octanol–water partition coefficient (Wildman–Crippen LogP) is 2.08. The molecule has 19 heavy (non-hydrogen) atoms. The van der Waals surface area contributed by atoms with Crippen LogP contribution in [0.25, 0.3) is 0 Å². The van der Waals surface area contributed by atoms with E-state index in [1.807, 2.05) is 20.8 Å². The fourth-order valence-electron chi connectivity index (χ4n) is 2.17. The van der Waals surface area contributed by atoms with E-state index in [4.69, 9.17) is 14.6 Å². The van der Waals surface area contributed by atoms with Crippen LogP contribution in [0.15, 0.2) is 0 Å². The van der Waals surface area contributed by atoms with Crippen molar-refractivity contribution in [3.63, 3.8) is 0 Å². The number of carbonyl (C=O) groups is 1. The Morgan fingerprint density at radius 1 is 1.26 bits per heavy atom. The summed E-state index contributed by atoms with van der Waals surface area (Å²) in [6, 6.07) is 0. The second-order valence-electron chi connectivity index (χ2n) is 6.12. The fraction of sp³-hybridized carbons (Fsp3) is 0.929. The van der Waals surface area contributed by atoms with Crippen LogP contribution in [0.1, 0.15) is 46.5 Å². The van der Waals surface area contributed by atoms with Crippen LogP contribution in [0, 0.1) is 5.92 Å². The number of rotatable bonds is 5. The number of hydrogen-bond acceptors (Lipinski definition) is 4. The van der Waals surface area contributed by atoms with E-state index in [2.05, 4.69) is 5.32 Å². The predicted molar refractivity (Wildman–Crippen MR) is 73.0 cm³/mol. The molecule has 0 bridgehead atoms. The van der Waals surface area contributed by atoms with Crippen molar-refractivity contribution in [1.82, 2.24) is 5.32 Å². The first kappa shape index (κ1) is 16.2. The van der Waals surface area contributed by atoms with Gasteiger partial charge in [0.15, 0.2) is 0 Å². The summed E-state index contributed by atoms with van der Waals surface area (Å²) in [6.45, 7) is 6.77. The van der Waals surface area contributed by atoms with E-state index in [0.29, 0.717) is 19.1 Å². The number of aliphatic hydroxyl groups is 1. The zero-order chi connectivity index (χ0) is 14.3. The van der Waals surface area contributed by atoms with Gasteiger partial charge in [0.05, 0.1) is 12.7 Å². The van der Waals surface area contributed by atoms with Gasteiger partial charge in [-0.15, -0.1) is 0 Å². The first-order valence-corrected chi connectivity index (χ1v) is 7.10. The fourth-order valence-corrected chi connectivity index (χ4v) is 2.17. The molecule has 1 amide bonds. The smallest absolute Gasteiger partial charge is 0.407 e. The van der Waals surface area contributed by atoms with Gasteiger partial charge < -0.3 is 19.9 Å². The largest absolute Gasteiger partial charge is 0.444 e. The molecule has 0 aliphatic heterocycles. The second kappa shape index (κ2) is 7.70. The summed E-state index contributed by atoms with van der Waals surface area (Å²) in [6.07, 6.45) is 3.92. The summed E-state index contributed by atoms with van der Waals surface area (Å²) in [7, 11) is 0. The van der Waals surface area contributed by atoms with Crippen LogP contribution < -0.4 is 5.32 Å². The molecule has 1 aliphatic rings. The van der Waals surface area contributed by atoms with Crippen LogP contribution >= 0.6 is 0 Å². The minimum absolute atomic E-state index is 0.267. The molecule has 0 saturated heterocycles. The highest BCUT2D eigenvalue weighted by atomic mass is 16.6. The molecule has 0 radical (unpaired) electrons. The maximum atomic E-state index is 11.4. The molecule has 1 rings (SSSR count). The van der Waals surface area contributed by atoms with Crippen LogP contribution in [0.4, 0.5) is 4.79 Å². The van der Waals surface area contributed by atoms with Crippen molar-refractivity contribution in [2.45, 2.75) is 58.2 Å². The minimum Gasteiger partial charge on any atom is -0.444 e. The van der Waals surface area contributed by atoms with Gasteiger partial charge in [-0.05, 0) is 52.4 Å². The third-order valence-electron chi connectivity index (χ3n) is 3.18. The zero-order valence-corrected chi connectivity index (χ0v) is 12.3. The molecule has 0 atom stereocenters. The normalized spacial score (nSPS) is 24.0. The van der Waals surface area contributed by atoms with E-state index in [1.165, 1.54) is 0 Å². The topological polar surface area (TPSA) is 67.8 Å². The third kappa shape index (κ3) is 7.38. The minimum atomic E-state index is -0.465. The first-order valence-electron chi connectivity index (χ1n) is 7.10. The third-order valence-corrected chi connectivity index (χ3v) is 3.18. The molecule has 0 aromatic rings.